The molecule has 60 heavy (non-hydrogen) atoms. The van der Waals surface area contributed by atoms with Crippen molar-refractivity contribution in [2.45, 2.75) is 46.7 Å². The van der Waals surface area contributed by atoms with E-state index in [2.05, 4.69) is 208 Å². The van der Waals surface area contributed by atoms with Crippen LogP contribution in [0, 0.1) is 12.8 Å². The van der Waals surface area contributed by atoms with E-state index in [0.29, 0.717) is 5.92 Å². The van der Waals surface area contributed by atoms with Crippen molar-refractivity contribution in [3.63, 3.8) is 0 Å². The third kappa shape index (κ3) is 5.58. The molecule has 0 N–H and O–H groups in total. The molecule has 2 atom stereocenters. The summed E-state index contributed by atoms with van der Waals surface area (Å²) in [5, 5.41) is 4.70. The van der Waals surface area contributed by atoms with Gasteiger partial charge in [-0.2, -0.15) is 0 Å². The maximum absolute atomic E-state index is 6.30. The molecule has 294 valence electrons. The quantitative estimate of drug-likeness (QED) is 0.146. The lowest BCUT2D eigenvalue weighted by molar-refractivity contribution is 0.610. The van der Waals surface area contributed by atoms with Crippen LogP contribution in [-0.4, -0.2) is 10.7 Å². The van der Waals surface area contributed by atoms with E-state index in [9.17, 15) is 0 Å². The first kappa shape index (κ1) is 37.2. The Morgan fingerprint density at radius 1 is 0.567 bits per heavy atom. The van der Waals surface area contributed by atoms with E-state index in [0.717, 1.165) is 50.4 Å². The fraction of sp³-hybridized carbons (Fsp3) is 0.143. The Labute approximate surface area is 352 Å². The molecule has 2 aliphatic rings. The number of benzene rings is 6. The lowest BCUT2D eigenvalue weighted by atomic mass is 9.89. The van der Waals surface area contributed by atoms with Gasteiger partial charge in [-0.25, -0.2) is 0 Å². The SMILES string of the molecule is C=CC1=C(/C=C\C)N(c2cccc(-n3c4ccccc4c4cc(-c5ccccc5C(C)C)c(C)cc43)c2)C2C1C(C=C)=C(/C=C\C)N2c1ccc2oc3ccccc3c2c1. The molecule has 0 aliphatic carbocycles. The van der Waals surface area contributed by atoms with Crippen LogP contribution in [0.2, 0.25) is 0 Å². The van der Waals surface area contributed by atoms with E-state index in [4.69, 9.17) is 4.42 Å². The predicted molar refractivity (Wildman–Crippen MR) is 255 cm³/mol. The molecule has 8 aromatic rings. The normalized spacial score (nSPS) is 17.0. The smallest absolute Gasteiger partial charge is 0.135 e. The molecule has 6 aromatic carbocycles. The molecule has 0 saturated carbocycles. The minimum Gasteiger partial charge on any atom is -0.456 e. The first-order valence-corrected chi connectivity index (χ1v) is 21.1. The molecule has 4 heterocycles. The molecule has 0 bridgehead atoms. The number of rotatable bonds is 9. The third-order valence-corrected chi connectivity index (χ3v) is 12.6. The average molecular weight is 780 g/mol. The first-order valence-electron chi connectivity index (χ1n) is 21.1. The van der Waals surface area contributed by atoms with Gasteiger partial charge in [0.05, 0.1) is 17.0 Å². The fourth-order valence-corrected chi connectivity index (χ4v) is 10.1. The number of furan rings is 1. The zero-order chi connectivity index (χ0) is 41.2. The highest BCUT2D eigenvalue weighted by molar-refractivity contribution is 6.11. The van der Waals surface area contributed by atoms with E-state index in [1.807, 2.05) is 18.2 Å². The van der Waals surface area contributed by atoms with Crippen molar-refractivity contribution in [2.24, 2.45) is 5.92 Å². The van der Waals surface area contributed by atoms with Gasteiger partial charge in [0.15, 0.2) is 0 Å². The van der Waals surface area contributed by atoms with Crippen LogP contribution in [0.1, 0.15) is 44.7 Å². The molecule has 2 aromatic heterocycles. The summed E-state index contributed by atoms with van der Waals surface area (Å²) < 4.78 is 8.75. The van der Waals surface area contributed by atoms with Crippen molar-refractivity contribution in [3.05, 3.63) is 211 Å². The minimum atomic E-state index is -0.127. The van der Waals surface area contributed by atoms with Crippen molar-refractivity contribution < 1.29 is 4.42 Å². The summed E-state index contributed by atoms with van der Waals surface area (Å²) in [4.78, 5) is 5.01. The zero-order valence-corrected chi connectivity index (χ0v) is 35.0. The number of para-hydroxylation sites is 2. The third-order valence-electron chi connectivity index (χ3n) is 12.6. The number of allylic oxidation sites excluding steroid dienone is 6. The number of aryl methyl sites for hydroxylation is 1. The molecule has 0 saturated heterocycles. The summed E-state index contributed by atoms with van der Waals surface area (Å²) in [6.45, 7) is 19.8. The second-order valence-electron chi connectivity index (χ2n) is 16.3. The van der Waals surface area contributed by atoms with Gasteiger partial charge in [-0.05, 0) is 133 Å². The molecule has 0 spiro atoms. The molecule has 2 aliphatic heterocycles. The summed E-state index contributed by atoms with van der Waals surface area (Å²) in [5.74, 6) is 0.422. The molecule has 4 heteroatoms. The molecular weight excluding hydrogens is 731 g/mol. The lowest BCUT2D eigenvalue weighted by Gasteiger charge is -2.38. The highest BCUT2D eigenvalue weighted by Gasteiger charge is 2.50. The highest BCUT2D eigenvalue weighted by atomic mass is 16.3. The van der Waals surface area contributed by atoms with Crippen molar-refractivity contribution in [3.8, 4) is 16.8 Å². The van der Waals surface area contributed by atoms with Crippen LogP contribution in [0.3, 0.4) is 0 Å². The van der Waals surface area contributed by atoms with Crippen molar-refractivity contribution in [2.75, 3.05) is 9.80 Å². The predicted octanol–water partition coefficient (Wildman–Crippen LogP) is 15.1. The molecule has 4 nitrogen and oxygen atoms in total. The Balaban J connectivity index is 1.18. The Kier molecular flexibility index (Phi) is 9.10. The van der Waals surface area contributed by atoms with E-state index < -0.39 is 0 Å². The largest absolute Gasteiger partial charge is 0.456 e. The standard InChI is InChI=1S/C56H49N3O/c1-8-19-49-40(10-3)55-41(11-4)50(20-9-2)59(39-29-30-54-48(33-39)45-26-15-17-28-53(45)60-54)56(55)58(49)38-22-18-21-37(32-38)57-51-27-16-14-25-44(51)47-34-46(36(7)31-52(47)57)43-24-13-12-23-42(43)35(5)6/h8-35,55-56H,3-4H2,1-2,5-7H3/b19-8-,20-9-. The number of nitrogens with zero attached hydrogens (tertiary/aromatic N) is 3. The van der Waals surface area contributed by atoms with Gasteiger partial charge in [0, 0.05) is 50.0 Å². The van der Waals surface area contributed by atoms with Gasteiger partial charge in [0.1, 0.15) is 17.3 Å². The van der Waals surface area contributed by atoms with Crippen LogP contribution in [0.15, 0.2) is 204 Å². The number of hydrogen-bond acceptors (Lipinski definition) is 3. The van der Waals surface area contributed by atoms with Crippen LogP contribution in [0.5, 0.6) is 0 Å². The Morgan fingerprint density at radius 2 is 1.20 bits per heavy atom. The second-order valence-corrected chi connectivity index (χ2v) is 16.3. The molecule has 2 unspecified atom stereocenters. The van der Waals surface area contributed by atoms with Gasteiger partial charge in [-0.15, -0.1) is 0 Å². The number of hydrogen-bond donors (Lipinski definition) is 0. The van der Waals surface area contributed by atoms with Gasteiger partial charge in [0.25, 0.3) is 0 Å². The zero-order valence-electron chi connectivity index (χ0n) is 35.0. The maximum Gasteiger partial charge on any atom is 0.135 e. The van der Waals surface area contributed by atoms with Gasteiger partial charge in [0.2, 0.25) is 0 Å². The molecule has 10 rings (SSSR count). The molecule has 0 amide bonds. The number of fused-ring (bicyclic) bond motifs is 7. The first-order chi connectivity index (χ1) is 29.4. The number of aromatic nitrogens is 1. The monoisotopic (exact) mass is 779 g/mol. The van der Waals surface area contributed by atoms with Crippen molar-refractivity contribution in [1.29, 1.82) is 0 Å². The van der Waals surface area contributed by atoms with E-state index in [-0.39, 0.29) is 12.1 Å². The fourth-order valence-electron chi connectivity index (χ4n) is 10.1. The van der Waals surface area contributed by atoms with Gasteiger partial charge >= 0.3 is 0 Å². The summed E-state index contributed by atoms with van der Waals surface area (Å²) in [6.07, 6.45) is 12.7. The summed E-state index contributed by atoms with van der Waals surface area (Å²) in [6, 6.07) is 46.5. The second kappa shape index (κ2) is 14.7. The van der Waals surface area contributed by atoms with Gasteiger partial charge in [-0.3, -0.25) is 0 Å². The minimum absolute atomic E-state index is 0.000808. The van der Waals surface area contributed by atoms with Crippen molar-refractivity contribution in [1.82, 2.24) is 4.57 Å². The van der Waals surface area contributed by atoms with Gasteiger partial charge < -0.3 is 18.8 Å². The van der Waals surface area contributed by atoms with E-state index >= 15 is 0 Å². The number of anilines is 2. The molecule has 0 radical (unpaired) electrons. The average Bonchev–Trinajstić information content (AvgIpc) is 3.98. The van der Waals surface area contributed by atoms with E-state index in [1.165, 1.54) is 55.2 Å². The highest BCUT2D eigenvalue weighted by Crippen LogP contribution is 2.53. The van der Waals surface area contributed by atoms with Gasteiger partial charge in [-0.1, -0.05) is 118 Å². The van der Waals surface area contributed by atoms with E-state index in [1.54, 1.807) is 0 Å². The Bertz CT molecular complexity index is 3180. The molecular formula is C56H49N3O. The van der Waals surface area contributed by atoms with Crippen molar-refractivity contribution >= 4 is 55.1 Å². The Hall–Kier alpha value is -7.04. The maximum atomic E-state index is 6.30. The van der Waals surface area contributed by atoms with Crippen LogP contribution in [0.25, 0.3) is 60.6 Å². The lowest BCUT2D eigenvalue weighted by Crippen LogP contribution is -2.44. The molecule has 0 fully saturated rings. The Morgan fingerprint density at radius 3 is 1.92 bits per heavy atom. The van der Waals surface area contributed by atoms with Crippen LogP contribution >= 0.6 is 0 Å². The topological polar surface area (TPSA) is 24.6 Å². The summed E-state index contributed by atoms with van der Waals surface area (Å²) >= 11 is 0. The summed E-state index contributed by atoms with van der Waals surface area (Å²) in [7, 11) is 0. The van der Waals surface area contributed by atoms with Crippen LogP contribution < -0.4 is 9.80 Å². The summed E-state index contributed by atoms with van der Waals surface area (Å²) in [5.41, 5.74) is 17.3. The van der Waals surface area contributed by atoms with Crippen LogP contribution in [0.4, 0.5) is 11.4 Å². The van der Waals surface area contributed by atoms with Crippen LogP contribution in [-0.2, 0) is 0 Å².